The lowest BCUT2D eigenvalue weighted by Gasteiger charge is -2.17. The van der Waals surface area contributed by atoms with Gasteiger partial charge in [0.05, 0.1) is 5.69 Å². The van der Waals surface area contributed by atoms with Crippen LogP contribution < -0.4 is 11.3 Å². The molecule has 0 fully saturated rings. The Balaban J connectivity index is 2.77. The molecule has 0 aliphatic heterocycles. The lowest BCUT2D eigenvalue weighted by atomic mass is 9.99. The molecule has 1 heterocycles. The van der Waals surface area contributed by atoms with E-state index in [1.165, 1.54) is 10.7 Å². The first kappa shape index (κ1) is 18.2. The molecule has 0 amide bonds. The maximum Gasteiger partial charge on any atom is 0.271 e. The summed E-state index contributed by atoms with van der Waals surface area (Å²) < 4.78 is 28.7. The van der Waals surface area contributed by atoms with E-state index in [0.29, 0.717) is 17.7 Å². The maximum atomic E-state index is 14.2. The average molecular weight is 337 g/mol. The molecule has 0 radical (unpaired) electrons. The molecule has 0 aliphatic rings. The van der Waals surface area contributed by atoms with Crippen LogP contribution >= 0.6 is 0 Å². The summed E-state index contributed by atoms with van der Waals surface area (Å²) in [6.07, 6.45) is 0.115. The molecule has 5 nitrogen and oxygen atoms in total. The SMILES string of the molecule is CC(C)Cn1nc(-c2ccc(F)cc2F)c(CCO)c(CN)c1=O. The number of nitrogens with zero attached hydrogens (tertiary/aromatic N) is 2. The number of aliphatic hydroxyl groups is 1. The number of aliphatic hydroxyl groups excluding tert-OH is 1. The van der Waals surface area contributed by atoms with Crippen molar-refractivity contribution in [2.75, 3.05) is 6.61 Å². The van der Waals surface area contributed by atoms with Gasteiger partial charge in [-0.05, 0) is 30.0 Å². The van der Waals surface area contributed by atoms with Gasteiger partial charge in [-0.2, -0.15) is 5.10 Å². The minimum atomic E-state index is -0.778. The molecule has 0 bridgehead atoms. The zero-order valence-corrected chi connectivity index (χ0v) is 13.7. The Labute approximate surface area is 138 Å². The zero-order valence-electron chi connectivity index (χ0n) is 13.7. The van der Waals surface area contributed by atoms with E-state index in [4.69, 9.17) is 5.73 Å². The highest BCUT2D eigenvalue weighted by Gasteiger charge is 2.20. The number of rotatable bonds is 6. The van der Waals surface area contributed by atoms with Gasteiger partial charge in [-0.1, -0.05) is 13.8 Å². The zero-order chi connectivity index (χ0) is 17.9. The summed E-state index contributed by atoms with van der Waals surface area (Å²) in [6.45, 7) is 3.91. The van der Waals surface area contributed by atoms with Crippen molar-refractivity contribution < 1.29 is 13.9 Å². The fourth-order valence-electron chi connectivity index (χ4n) is 2.61. The minimum Gasteiger partial charge on any atom is -0.396 e. The lowest BCUT2D eigenvalue weighted by Crippen LogP contribution is -2.32. The van der Waals surface area contributed by atoms with Gasteiger partial charge < -0.3 is 10.8 Å². The summed E-state index contributed by atoms with van der Waals surface area (Å²) in [6, 6.07) is 3.17. The van der Waals surface area contributed by atoms with Crippen molar-refractivity contribution in [2.24, 2.45) is 11.7 Å². The Bertz CT molecular complexity index is 788. The van der Waals surface area contributed by atoms with Crippen LogP contribution in [0.2, 0.25) is 0 Å². The van der Waals surface area contributed by atoms with E-state index in [1.807, 2.05) is 13.8 Å². The molecule has 1 aromatic heterocycles. The van der Waals surface area contributed by atoms with Crippen LogP contribution in [0.25, 0.3) is 11.3 Å². The molecular weight excluding hydrogens is 316 g/mol. The molecule has 1 aromatic carbocycles. The molecule has 0 spiro atoms. The molecule has 0 atom stereocenters. The average Bonchev–Trinajstić information content (AvgIpc) is 2.50. The molecule has 0 saturated heterocycles. The fraction of sp³-hybridized carbons (Fsp3) is 0.412. The second kappa shape index (κ2) is 7.63. The van der Waals surface area contributed by atoms with Crippen molar-refractivity contribution in [2.45, 2.75) is 33.4 Å². The van der Waals surface area contributed by atoms with Gasteiger partial charge >= 0.3 is 0 Å². The van der Waals surface area contributed by atoms with Crippen LogP contribution in [-0.2, 0) is 19.5 Å². The number of benzene rings is 1. The molecule has 130 valence electrons. The highest BCUT2D eigenvalue weighted by Crippen LogP contribution is 2.26. The third-order valence-electron chi connectivity index (χ3n) is 3.65. The quantitative estimate of drug-likeness (QED) is 0.843. The van der Waals surface area contributed by atoms with E-state index in [2.05, 4.69) is 5.10 Å². The van der Waals surface area contributed by atoms with Crippen LogP contribution in [0.15, 0.2) is 23.0 Å². The van der Waals surface area contributed by atoms with Gasteiger partial charge in [-0.3, -0.25) is 4.79 Å². The largest absolute Gasteiger partial charge is 0.396 e. The Morgan fingerprint density at radius 2 is 2.00 bits per heavy atom. The predicted octanol–water partition coefficient (Wildman–Crippen LogP) is 1.84. The third-order valence-corrected chi connectivity index (χ3v) is 3.65. The van der Waals surface area contributed by atoms with Gasteiger partial charge in [0, 0.05) is 36.9 Å². The summed E-state index contributed by atoms with van der Waals surface area (Å²) in [5.41, 5.74) is 6.34. The second-order valence-corrected chi connectivity index (χ2v) is 5.99. The number of halogens is 2. The number of aromatic nitrogens is 2. The highest BCUT2D eigenvalue weighted by atomic mass is 19.1. The summed E-state index contributed by atoms with van der Waals surface area (Å²) in [7, 11) is 0. The smallest absolute Gasteiger partial charge is 0.271 e. The molecule has 0 aliphatic carbocycles. The Kier molecular flexibility index (Phi) is 5.80. The molecular formula is C17H21F2N3O2. The first-order valence-corrected chi connectivity index (χ1v) is 7.78. The van der Waals surface area contributed by atoms with Gasteiger partial charge in [0.1, 0.15) is 11.6 Å². The van der Waals surface area contributed by atoms with Gasteiger partial charge in [-0.15, -0.1) is 0 Å². The Hall–Kier alpha value is -2.12. The van der Waals surface area contributed by atoms with Gasteiger partial charge in [-0.25, -0.2) is 13.5 Å². The molecule has 2 aromatic rings. The summed E-state index contributed by atoms with van der Waals surface area (Å²) in [4.78, 5) is 12.5. The van der Waals surface area contributed by atoms with Crippen molar-refractivity contribution in [3.63, 3.8) is 0 Å². The maximum absolute atomic E-state index is 14.2. The van der Waals surface area contributed by atoms with E-state index < -0.39 is 11.6 Å². The molecule has 2 rings (SSSR count). The topological polar surface area (TPSA) is 81.1 Å². The fourth-order valence-corrected chi connectivity index (χ4v) is 2.61. The van der Waals surface area contributed by atoms with Crippen LogP contribution in [0.5, 0.6) is 0 Å². The van der Waals surface area contributed by atoms with E-state index >= 15 is 0 Å². The van der Waals surface area contributed by atoms with Crippen molar-refractivity contribution in [3.05, 3.63) is 51.3 Å². The van der Waals surface area contributed by atoms with Crippen LogP contribution in [-0.4, -0.2) is 21.5 Å². The summed E-state index contributed by atoms with van der Waals surface area (Å²) in [5, 5.41) is 13.6. The molecule has 0 unspecified atom stereocenters. The monoisotopic (exact) mass is 337 g/mol. The predicted molar refractivity (Wildman–Crippen MR) is 87.4 cm³/mol. The summed E-state index contributed by atoms with van der Waals surface area (Å²) >= 11 is 0. The van der Waals surface area contributed by atoms with Crippen LogP contribution in [0.3, 0.4) is 0 Å². The standard InChI is InChI=1S/C17H21F2N3O2/c1-10(2)9-22-17(24)14(8-20)12(5-6-23)16(21-22)13-4-3-11(18)7-15(13)19/h3-4,7,10,23H,5-6,8-9,20H2,1-2H3. The molecule has 24 heavy (non-hydrogen) atoms. The van der Waals surface area contributed by atoms with Gasteiger partial charge in [0.2, 0.25) is 0 Å². The number of nitrogens with two attached hydrogens (primary N) is 1. The first-order valence-electron chi connectivity index (χ1n) is 7.78. The summed E-state index contributed by atoms with van der Waals surface area (Å²) in [5.74, 6) is -1.33. The van der Waals surface area contributed by atoms with E-state index in [1.54, 1.807) is 0 Å². The van der Waals surface area contributed by atoms with E-state index in [-0.39, 0.29) is 42.3 Å². The molecule has 7 heteroatoms. The van der Waals surface area contributed by atoms with Gasteiger partial charge in [0.15, 0.2) is 0 Å². The van der Waals surface area contributed by atoms with E-state index in [9.17, 15) is 18.7 Å². The van der Waals surface area contributed by atoms with Gasteiger partial charge in [0.25, 0.3) is 5.56 Å². The highest BCUT2D eigenvalue weighted by molar-refractivity contribution is 5.64. The van der Waals surface area contributed by atoms with Crippen LogP contribution in [0.4, 0.5) is 8.78 Å². The first-order chi connectivity index (χ1) is 11.4. The Morgan fingerprint density at radius 3 is 2.54 bits per heavy atom. The molecule has 3 N–H and O–H groups in total. The minimum absolute atomic E-state index is 0.0510. The lowest BCUT2D eigenvalue weighted by molar-refractivity contribution is 0.299. The number of hydrogen-bond acceptors (Lipinski definition) is 4. The molecule has 0 saturated carbocycles. The van der Waals surface area contributed by atoms with Crippen molar-refractivity contribution in [1.82, 2.24) is 9.78 Å². The van der Waals surface area contributed by atoms with Crippen LogP contribution in [0, 0.1) is 17.6 Å². The van der Waals surface area contributed by atoms with E-state index in [0.717, 1.165) is 12.1 Å². The van der Waals surface area contributed by atoms with Crippen molar-refractivity contribution in [3.8, 4) is 11.3 Å². The van der Waals surface area contributed by atoms with Crippen molar-refractivity contribution in [1.29, 1.82) is 0 Å². The van der Waals surface area contributed by atoms with Crippen LogP contribution in [0.1, 0.15) is 25.0 Å². The second-order valence-electron chi connectivity index (χ2n) is 5.99. The normalized spacial score (nSPS) is 11.3. The van der Waals surface area contributed by atoms with Crippen molar-refractivity contribution >= 4 is 0 Å². The number of hydrogen-bond donors (Lipinski definition) is 2. The third kappa shape index (κ3) is 3.68. The Morgan fingerprint density at radius 1 is 1.29 bits per heavy atom.